The van der Waals surface area contributed by atoms with Gasteiger partial charge in [-0.15, -0.1) is 0 Å². The molecule has 1 heterocycles. The van der Waals surface area contributed by atoms with Crippen LogP contribution in [0.1, 0.15) is 30.8 Å². The van der Waals surface area contributed by atoms with Crippen molar-refractivity contribution in [2.75, 3.05) is 6.61 Å². The number of nitrogens with zero attached hydrogens (tertiary/aromatic N) is 2. The van der Waals surface area contributed by atoms with Crippen LogP contribution in [0.3, 0.4) is 0 Å². The minimum absolute atomic E-state index is 0.298. The summed E-state index contributed by atoms with van der Waals surface area (Å²) >= 11 is 0. The van der Waals surface area contributed by atoms with E-state index in [2.05, 4.69) is 5.10 Å². The number of aromatic nitrogens is 2. The van der Waals surface area contributed by atoms with E-state index in [1.165, 1.54) is 0 Å². The normalized spacial score (nSPS) is 10.0. The van der Waals surface area contributed by atoms with Gasteiger partial charge in [-0.2, -0.15) is 5.10 Å². The fraction of sp³-hybridized carbons (Fsp3) is 0.556. The van der Waals surface area contributed by atoms with Crippen LogP contribution < -0.4 is 0 Å². The topological polar surface area (TPSA) is 44.1 Å². The summed E-state index contributed by atoms with van der Waals surface area (Å²) in [6.07, 6.45) is 2.57. The summed E-state index contributed by atoms with van der Waals surface area (Å²) in [5.41, 5.74) is 0.531. The predicted molar refractivity (Wildman–Crippen MR) is 48.5 cm³/mol. The van der Waals surface area contributed by atoms with Crippen LogP contribution in [0.2, 0.25) is 0 Å². The lowest BCUT2D eigenvalue weighted by Gasteiger charge is -2.04. The van der Waals surface area contributed by atoms with Crippen molar-refractivity contribution in [1.29, 1.82) is 0 Å². The van der Waals surface area contributed by atoms with Gasteiger partial charge in [0.2, 0.25) is 0 Å². The highest BCUT2D eigenvalue weighted by molar-refractivity contribution is 5.87. The van der Waals surface area contributed by atoms with Crippen molar-refractivity contribution >= 4 is 5.97 Å². The van der Waals surface area contributed by atoms with E-state index in [1.807, 2.05) is 6.92 Å². The van der Waals surface area contributed by atoms with Crippen LogP contribution in [0.15, 0.2) is 12.3 Å². The Morgan fingerprint density at radius 3 is 3.00 bits per heavy atom. The molecular weight excluding hydrogens is 168 g/mol. The molecule has 72 valence electrons. The van der Waals surface area contributed by atoms with Gasteiger partial charge in [0.15, 0.2) is 0 Å². The monoisotopic (exact) mass is 182 g/mol. The molecular formula is C9H14N2O2. The van der Waals surface area contributed by atoms with E-state index in [0.29, 0.717) is 12.3 Å². The van der Waals surface area contributed by atoms with Crippen LogP contribution in [0, 0.1) is 0 Å². The highest BCUT2D eigenvalue weighted by Crippen LogP contribution is 2.02. The van der Waals surface area contributed by atoms with Crippen LogP contribution in [0.25, 0.3) is 0 Å². The Balaban J connectivity index is 2.74. The summed E-state index contributed by atoms with van der Waals surface area (Å²) in [6.45, 7) is 4.98. The van der Waals surface area contributed by atoms with Gasteiger partial charge in [-0.1, -0.05) is 6.92 Å². The molecule has 0 fully saturated rings. The maximum atomic E-state index is 11.3. The van der Waals surface area contributed by atoms with Crippen LogP contribution in [0.5, 0.6) is 0 Å². The van der Waals surface area contributed by atoms with E-state index < -0.39 is 0 Å². The Hall–Kier alpha value is -1.32. The number of aryl methyl sites for hydroxylation is 1. The Kier molecular flexibility index (Phi) is 3.49. The van der Waals surface area contributed by atoms with Crippen LogP contribution in [0.4, 0.5) is 0 Å². The van der Waals surface area contributed by atoms with Gasteiger partial charge in [-0.05, 0) is 19.4 Å². The number of rotatable bonds is 4. The highest BCUT2D eigenvalue weighted by Gasteiger charge is 2.11. The molecule has 0 unspecified atom stereocenters. The molecule has 0 spiro atoms. The second-order valence-electron chi connectivity index (χ2n) is 2.66. The maximum absolute atomic E-state index is 11.3. The zero-order valence-electron chi connectivity index (χ0n) is 7.99. The fourth-order valence-corrected chi connectivity index (χ4v) is 1.10. The first-order chi connectivity index (χ1) is 6.29. The lowest BCUT2D eigenvalue weighted by atomic mass is 10.4. The van der Waals surface area contributed by atoms with Crippen LogP contribution in [-0.4, -0.2) is 22.4 Å². The zero-order valence-corrected chi connectivity index (χ0v) is 7.99. The number of esters is 1. The summed E-state index contributed by atoms with van der Waals surface area (Å²) in [6, 6.07) is 1.67. The van der Waals surface area contributed by atoms with Gasteiger partial charge >= 0.3 is 5.97 Å². The molecule has 0 N–H and O–H groups in total. The van der Waals surface area contributed by atoms with E-state index in [0.717, 1.165) is 13.0 Å². The molecule has 4 nitrogen and oxygen atoms in total. The largest absolute Gasteiger partial charge is 0.461 e. The van der Waals surface area contributed by atoms with Crippen LogP contribution in [-0.2, 0) is 11.3 Å². The summed E-state index contributed by atoms with van der Waals surface area (Å²) in [7, 11) is 0. The van der Waals surface area contributed by atoms with E-state index in [9.17, 15) is 4.79 Å². The molecule has 0 bridgehead atoms. The van der Waals surface area contributed by atoms with Gasteiger partial charge in [-0.3, -0.25) is 4.68 Å². The Morgan fingerprint density at radius 2 is 2.38 bits per heavy atom. The molecule has 0 aliphatic carbocycles. The number of carbonyl (C=O) groups is 1. The molecule has 0 atom stereocenters. The van der Waals surface area contributed by atoms with Gasteiger partial charge in [0, 0.05) is 12.7 Å². The van der Waals surface area contributed by atoms with Gasteiger partial charge in [0.1, 0.15) is 5.69 Å². The van der Waals surface area contributed by atoms with Gasteiger partial charge < -0.3 is 4.74 Å². The quantitative estimate of drug-likeness (QED) is 0.662. The number of carbonyl (C=O) groups excluding carboxylic acids is 1. The first kappa shape index (κ1) is 9.77. The van der Waals surface area contributed by atoms with E-state index in [4.69, 9.17) is 4.74 Å². The highest BCUT2D eigenvalue weighted by atomic mass is 16.5. The van der Waals surface area contributed by atoms with Crippen molar-refractivity contribution in [3.8, 4) is 0 Å². The molecule has 1 rings (SSSR count). The van der Waals surface area contributed by atoms with Crippen molar-refractivity contribution in [1.82, 2.24) is 9.78 Å². The van der Waals surface area contributed by atoms with Crippen LogP contribution >= 0.6 is 0 Å². The van der Waals surface area contributed by atoms with Gasteiger partial charge in [-0.25, -0.2) is 4.79 Å². The summed E-state index contributed by atoms with van der Waals surface area (Å²) in [5, 5.41) is 4.03. The smallest absolute Gasteiger partial charge is 0.356 e. The Morgan fingerprint density at radius 1 is 1.62 bits per heavy atom. The molecule has 4 heteroatoms. The van der Waals surface area contributed by atoms with Crippen molar-refractivity contribution in [2.24, 2.45) is 0 Å². The standard InChI is InChI=1S/C9H14N2O2/c1-3-7-11-8(5-6-10-11)9(12)13-4-2/h5-6H,3-4,7H2,1-2H3. The molecule has 0 aliphatic heterocycles. The van der Waals surface area contributed by atoms with E-state index >= 15 is 0 Å². The summed E-state index contributed by atoms with van der Waals surface area (Å²) < 4.78 is 6.54. The maximum Gasteiger partial charge on any atom is 0.356 e. The third kappa shape index (κ3) is 2.31. The van der Waals surface area contributed by atoms with Crippen molar-refractivity contribution < 1.29 is 9.53 Å². The number of hydrogen-bond donors (Lipinski definition) is 0. The Labute approximate surface area is 77.5 Å². The number of ether oxygens (including phenoxy) is 1. The lowest BCUT2D eigenvalue weighted by Crippen LogP contribution is -2.13. The summed E-state index contributed by atoms with van der Waals surface area (Å²) in [4.78, 5) is 11.3. The second-order valence-corrected chi connectivity index (χ2v) is 2.66. The first-order valence-electron chi connectivity index (χ1n) is 4.48. The summed E-state index contributed by atoms with van der Waals surface area (Å²) in [5.74, 6) is -0.298. The molecule has 0 amide bonds. The van der Waals surface area contributed by atoms with Crippen molar-refractivity contribution in [3.05, 3.63) is 18.0 Å². The molecule has 1 aromatic heterocycles. The lowest BCUT2D eigenvalue weighted by molar-refractivity contribution is 0.0511. The molecule has 1 aromatic rings. The average molecular weight is 182 g/mol. The number of hydrogen-bond acceptors (Lipinski definition) is 3. The molecule has 13 heavy (non-hydrogen) atoms. The van der Waals surface area contributed by atoms with Crippen molar-refractivity contribution in [3.63, 3.8) is 0 Å². The molecule has 0 aliphatic rings. The van der Waals surface area contributed by atoms with E-state index in [-0.39, 0.29) is 5.97 Å². The minimum atomic E-state index is -0.298. The first-order valence-corrected chi connectivity index (χ1v) is 4.48. The average Bonchev–Trinajstić information content (AvgIpc) is 2.54. The zero-order chi connectivity index (χ0) is 9.68. The molecule has 0 aromatic carbocycles. The molecule has 0 saturated heterocycles. The van der Waals surface area contributed by atoms with E-state index in [1.54, 1.807) is 23.9 Å². The van der Waals surface area contributed by atoms with Gasteiger partial charge in [0.25, 0.3) is 0 Å². The SMILES string of the molecule is CCCn1nccc1C(=O)OCC. The molecule has 0 saturated carbocycles. The van der Waals surface area contributed by atoms with Crippen molar-refractivity contribution in [2.45, 2.75) is 26.8 Å². The predicted octanol–water partition coefficient (Wildman–Crippen LogP) is 1.47. The second kappa shape index (κ2) is 4.64. The minimum Gasteiger partial charge on any atom is -0.461 e. The third-order valence-corrected chi connectivity index (χ3v) is 1.64. The molecule has 0 radical (unpaired) electrons. The Bertz CT molecular complexity index is 281. The fourth-order valence-electron chi connectivity index (χ4n) is 1.10. The third-order valence-electron chi connectivity index (χ3n) is 1.64. The van der Waals surface area contributed by atoms with Gasteiger partial charge in [0.05, 0.1) is 6.61 Å².